The minimum Gasteiger partial charge on any atom is -0.506 e. The quantitative estimate of drug-likeness (QED) is 0.0549. The number of carboxylic acids is 1. The lowest BCUT2D eigenvalue weighted by Crippen LogP contribution is -2.15. The third-order valence-electron chi connectivity index (χ3n) is 9.99. The lowest BCUT2D eigenvalue weighted by Gasteiger charge is -2.22. The van der Waals surface area contributed by atoms with Crippen molar-refractivity contribution in [1.29, 1.82) is 0 Å². The number of aromatic hydroxyl groups is 1. The topological polar surface area (TPSA) is 204 Å². The number of carbonyl (C=O) groups excluding carboxylic acids is 1. The number of para-hydroxylation sites is 2. The van der Waals surface area contributed by atoms with Crippen molar-refractivity contribution >= 4 is 67.7 Å². The summed E-state index contributed by atoms with van der Waals surface area (Å²) in [6, 6.07) is 26.4. The zero-order valence-electron chi connectivity index (χ0n) is 30.7. The fourth-order valence-electron chi connectivity index (χ4n) is 7.14. The van der Waals surface area contributed by atoms with Crippen molar-refractivity contribution in [2.75, 3.05) is 17.7 Å². The Morgan fingerprint density at radius 1 is 0.776 bits per heavy atom. The fourth-order valence-corrected chi connectivity index (χ4v) is 7.37. The van der Waals surface area contributed by atoms with E-state index >= 15 is 0 Å². The second-order valence-corrected chi connectivity index (χ2v) is 13.8. The molecule has 1 aliphatic carbocycles. The van der Waals surface area contributed by atoms with Crippen LogP contribution < -0.4 is 16.1 Å². The molecule has 0 fully saturated rings. The summed E-state index contributed by atoms with van der Waals surface area (Å²) >= 11 is 6.75. The number of nitrogens with zero attached hydrogens (tertiary/aromatic N) is 2. The first-order valence-electron chi connectivity index (χ1n) is 18.0. The molecule has 0 bridgehead atoms. The number of phenols is 1. The van der Waals surface area contributed by atoms with E-state index in [1.54, 1.807) is 24.3 Å². The number of anilines is 2. The number of methoxy groups -OCH3 is 1. The summed E-state index contributed by atoms with van der Waals surface area (Å²) in [6.07, 6.45) is 0. The van der Waals surface area contributed by atoms with Gasteiger partial charge in [0.2, 0.25) is 0 Å². The van der Waals surface area contributed by atoms with Gasteiger partial charge in [-0.2, -0.15) is 0 Å². The molecule has 0 saturated carbocycles. The molecule has 290 valence electrons. The second-order valence-electron chi connectivity index (χ2n) is 13.4. The number of rotatable bonds is 11. The number of hydrogen-bond acceptors (Lipinski definition) is 12. The Morgan fingerprint density at radius 3 is 1.98 bits per heavy atom. The maximum atomic E-state index is 13.9. The monoisotopic (exact) mass is 796 g/mol. The molecule has 0 saturated heterocycles. The standard InChI is InChI=1S/C44H33ClN4O9/c1-57-44(56)27-13-10-24(43(54)55)16-29(27)37-28-14-15-36(52)31(18-46-34-6-2-4-22-8-11-25(20-50)48-38(22)34)41(28)58-42-30(37)17-33(45)40(53)32(42)19-47-35-7-3-5-23-9-12-26(21-51)49-39(23)35/h2-17,46-47,50-51,53H,18-21H2,1H3,(H,54,55). The van der Waals surface area contributed by atoms with Gasteiger partial charge >= 0.3 is 11.9 Å². The van der Waals surface area contributed by atoms with Gasteiger partial charge in [-0.05, 0) is 66.2 Å². The molecule has 6 N–H and O–H groups in total. The van der Waals surface area contributed by atoms with E-state index in [0.717, 1.165) is 10.8 Å². The Balaban J connectivity index is 1.37. The molecule has 58 heavy (non-hydrogen) atoms. The van der Waals surface area contributed by atoms with Crippen molar-refractivity contribution < 1.29 is 39.2 Å². The molecule has 6 aromatic rings. The van der Waals surface area contributed by atoms with Gasteiger partial charge in [0.1, 0.15) is 17.1 Å². The Morgan fingerprint density at radius 2 is 1.40 bits per heavy atom. The molecule has 2 aliphatic rings. The highest BCUT2D eigenvalue weighted by Gasteiger charge is 2.29. The molecule has 8 rings (SSSR count). The molecule has 0 amide bonds. The summed E-state index contributed by atoms with van der Waals surface area (Å²) < 4.78 is 11.8. The number of fused-ring (bicyclic) bond motifs is 4. The van der Waals surface area contributed by atoms with Crippen LogP contribution in [0.25, 0.3) is 55.2 Å². The number of carboxylic acid groups (broad SMARTS) is 1. The largest absolute Gasteiger partial charge is 0.506 e. The average molecular weight is 797 g/mol. The van der Waals surface area contributed by atoms with Crippen LogP contribution in [0.2, 0.25) is 5.02 Å². The van der Waals surface area contributed by atoms with Gasteiger partial charge in [-0.3, -0.25) is 4.79 Å². The summed E-state index contributed by atoms with van der Waals surface area (Å²) in [4.78, 5) is 48.7. The molecule has 0 radical (unpaired) electrons. The number of phenolic OH excluding ortho intramolecular Hbond substituents is 1. The number of benzene rings is 5. The molecular weight excluding hydrogens is 764 g/mol. The van der Waals surface area contributed by atoms with Crippen LogP contribution in [-0.2, 0) is 31.0 Å². The minimum atomic E-state index is -1.25. The number of pyridine rings is 2. The summed E-state index contributed by atoms with van der Waals surface area (Å²) in [5.41, 5.74) is 3.93. The molecule has 0 spiro atoms. The molecule has 13 nitrogen and oxygen atoms in total. The lowest BCUT2D eigenvalue weighted by molar-refractivity contribution is 0.0599. The zero-order chi connectivity index (χ0) is 40.7. The predicted molar refractivity (Wildman–Crippen MR) is 220 cm³/mol. The third-order valence-corrected chi connectivity index (χ3v) is 10.3. The predicted octanol–water partition coefficient (Wildman–Crippen LogP) is 7.71. The number of nitrogens with one attached hydrogen (secondary N) is 2. The molecule has 4 aromatic carbocycles. The molecule has 3 heterocycles. The van der Waals surface area contributed by atoms with E-state index in [1.165, 1.54) is 43.5 Å². The van der Waals surface area contributed by atoms with E-state index in [1.807, 2.05) is 36.4 Å². The summed E-state index contributed by atoms with van der Waals surface area (Å²) in [5.74, 6) is -2.24. The van der Waals surface area contributed by atoms with E-state index in [2.05, 4.69) is 20.6 Å². The number of ether oxygens (including phenoxy) is 1. The number of hydrogen-bond donors (Lipinski definition) is 6. The highest BCUT2D eigenvalue weighted by Crippen LogP contribution is 2.47. The van der Waals surface area contributed by atoms with E-state index in [4.69, 9.17) is 20.8 Å². The van der Waals surface area contributed by atoms with Gasteiger partial charge in [-0.1, -0.05) is 48.0 Å². The highest BCUT2D eigenvalue weighted by atomic mass is 35.5. The number of aliphatic hydroxyl groups is 2. The molecule has 1 aliphatic heterocycles. The molecule has 0 atom stereocenters. The number of aromatic nitrogens is 2. The van der Waals surface area contributed by atoms with Crippen LogP contribution in [0.15, 0.2) is 106 Å². The van der Waals surface area contributed by atoms with E-state index in [-0.39, 0.29) is 76.2 Å². The van der Waals surface area contributed by atoms with Crippen LogP contribution in [0, 0.1) is 0 Å². The van der Waals surface area contributed by atoms with Crippen LogP contribution in [-0.4, -0.2) is 49.4 Å². The fraction of sp³-hybridized carbons (Fsp3) is 0.114. The Kier molecular flexibility index (Phi) is 10.1. The van der Waals surface area contributed by atoms with Crippen molar-refractivity contribution in [3.05, 3.63) is 146 Å². The maximum absolute atomic E-state index is 13.9. The van der Waals surface area contributed by atoms with Crippen molar-refractivity contribution in [3.63, 3.8) is 0 Å². The summed E-state index contributed by atoms with van der Waals surface area (Å²) in [7, 11) is 1.21. The van der Waals surface area contributed by atoms with Crippen LogP contribution >= 0.6 is 11.6 Å². The smallest absolute Gasteiger partial charge is 0.338 e. The van der Waals surface area contributed by atoms with Gasteiger partial charge in [-0.25, -0.2) is 19.6 Å². The van der Waals surface area contributed by atoms with Gasteiger partial charge in [0.15, 0.2) is 5.43 Å². The van der Waals surface area contributed by atoms with Crippen molar-refractivity contribution in [1.82, 2.24) is 9.97 Å². The van der Waals surface area contributed by atoms with E-state index < -0.39 is 17.4 Å². The third kappa shape index (κ3) is 6.77. The first kappa shape index (κ1) is 37.8. The normalized spacial score (nSPS) is 11.4. The summed E-state index contributed by atoms with van der Waals surface area (Å²) in [5, 5.41) is 49.6. The summed E-state index contributed by atoms with van der Waals surface area (Å²) in [6.45, 7) is -0.691. The Hall–Kier alpha value is -7.06. The second kappa shape index (κ2) is 15.5. The Bertz CT molecular complexity index is 2980. The number of halogens is 1. The van der Waals surface area contributed by atoms with Gasteiger partial charge < -0.3 is 40.2 Å². The maximum Gasteiger partial charge on any atom is 0.338 e. The van der Waals surface area contributed by atoms with Crippen LogP contribution in [0.5, 0.6) is 5.75 Å². The number of esters is 1. The minimum absolute atomic E-state index is 0.0269. The van der Waals surface area contributed by atoms with Gasteiger partial charge in [0.25, 0.3) is 0 Å². The highest BCUT2D eigenvalue weighted by molar-refractivity contribution is 6.33. The molecule has 2 aromatic heterocycles. The Labute approximate surface area is 334 Å². The van der Waals surface area contributed by atoms with Gasteiger partial charge in [0.05, 0.1) is 81.4 Å². The van der Waals surface area contributed by atoms with Crippen LogP contribution in [0.1, 0.15) is 43.2 Å². The number of aliphatic hydroxyl groups excluding tert-OH is 2. The van der Waals surface area contributed by atoms with Gasteiger partial charge in [-0.15, -0.1) is 0 Å². The van der Waals surface area contributed by atoms with Crippen LogP contribution in [0.4, 0.5) is 11.4 Å². The number of aromatic carboxylic acids is 1. The first-order chi connectivity index (χ1) is 28.1. The SMILES string of the molecule is COC(=O)c1ccc(C(=O)O)cc1-c1c2ccc(=O)c(CNc3cccc4ccc(CO)nc34)c-2oc2c(CNc3cccc4ccc(CO)nc34)c(O)c(Cl)cc12. The molecular formula is C44H33ClN4O9. The van der Waals surface area contributed by atoms with E-state index in [0.29, 0.717) is 50.3 Å². The lowest BCUT2D eigenvalue weighted by atomic mass is 9.87. The van der Waals surface area contributed by atoms with Gasteiger partial charge in [0, 0.05) is 40.4 Å². The number of carbonyl (C=O) groups is 2. The molecule has 14 heteroatoms. The van der Waals surface area contributed by atoms with Crippen LogP contribution in [0.3, 0.4) is 0 Å². The first-order valence-corrected chi connectivity index (χ1v) is 18.3. The van der Waals surface area contributed by atoms with Crippen molar-refractivity contribution in [3.8, 4) is 28.2 Å². The molecule has 0 unspecified atom stereocenters. The van der Waals surface area contributed by atoms with Crippen molar-refractivity contribution in [2.24, 2.45) is 0 Å². The average Bonchev–Trinajstić information content (AvgIpc) is 3.24. The zero-order valence-corrected chi connectivity index (χ0v) is 31.4. The van der Waals surface area contributed by atoms with Crippen molar-refractivity contribution in [2.45, 2.75) is 26.3 Å². The van der Waals surface area contributed by atoms with E-state index in [9.17, 15) is 34.8 Å².